The molecule has 5 rings (SSSR count). The van der Waals surface area contributed by atoms with Crippen LogP contribution in [0.4, 0.5) is 0 Å². The predicted molar refractivity (Wildman–Crippen MR) is 128 cm³/mol. The Kier molecular flexibility index (Phi) is 5.85. The fourth-order valence-corrected chi connectivity index (χ4v) is 4.33. The third-order valence-corrected chi connectivity index (χ3v) is 6.08. The van der Waals surface area contributed by atoms with Crippen molar-refractivity contribution in [3.63, 3.8) is 0 Å². The standard InChI is InChI=1S/C28H25N3O2/c1-19-7-2-4-10-24(19)22-17-29-28(30-18-22)33-23-15-13-21(14-16-23)27(32)31-26-12-6-9-20-8-3-5-11-25(20)26/h2-5,7-8,10-11,13-18,26H,6,9,12H2,1H3,(H,31,32)/t26-/m1/s1. The third kappa shape index (κ3) is 4.62. The lowest BCUT2D eigenvalue weighted by Gasteiger charge is -2.26. The van der Waals surface area contributed by atoms with Crippen LogP contribution in [-0.2, 0) is 6.42 Å². The van der Waals surface area contributed by atoms with E-state index in [1.807, 2.05) is 24.3 Å². The molecule has 3 aromatic carbocycles. The van der Waals surface area contributed by atoms with Crippen molar-refractivity contribution in [3.05, 3.63) is 107 Å². The van der Waals surface area contributed by atoms with Crippen LogP contribution in [0.15, 0.2) is 85.2 Å². The van der Waals surface area contributed by atoms with Crippen LogP contribution in [0, 0.1) is 6.92 Å². The average Bonchev–Trinajstić information content (AvgIpc) is 2.86. The van der Waals surface area contributed by atoms with E-state index in [1.165, 1.54) is 16.7 Å². The number of hydrogen-bond donors (Lipinski definition) is 1. The van der Waals surface area contributed by atoms with Gasteiger partial charge in [-0.2, -0.15) is 0 Å². The van der Waals surface area contributed by atoms with Gasteiger partial charge in [-0.3, -0.25) is 4.79 Å². The molecule has 0 fully saturated rings. The number of amides is 1. The zero-order valence-corrected chi connectivity index (χ0v) is 18.5. The maximum atomic E-state index is 12.8. The molecule has 1 aromatic heterocycles. The topological polar surface area (TPSA) is 64.1 Å². The summed E-state index contributed by atoms with van der Waals surface area (Å²) in [6.07, 6.45) is 6.63. The Morgan fingerprint density at radius 2 is 1.67 bits per heavy atom. The highest BCUT2D eigenvalue weighted by molar-refractivity contribution is 5.94. The number of aryl methyl sites for hydroxylation is 2. The SMILES string of the molecule is Cc1ccccc1-c1cnc(Oc2ccc(C(=O)N[C@@H]3CCCc4ccccc43)cc2)nc1. The van der Waals surface area contributed by atoms with Crippen LogP contribution >= 0.6 is 0 Å². The second-order valence-corrected chi connectivity index (χ2v) is 8.31. The summed E-state index contributed by atoms with van der Waals surface area (Å²) in [6.45, 7) is 2.06. The first-order valence-electron chi connectivity index (χ1n) is 11.2. The maximum absolute atomic E-state index is 12.8. The Labute approximate surface area is 193 Å². The van der Waals surface area contributed by atoms with Crippen molar-refractivity contribution in [1.29, 1.82) is 0 Å². The summed E-state index contributed by atoms with van der Waals surface area (Å²) in [4.78, 5) is 21.5. The summed E-state index contributed by atoms with van der Waals surface area (Å²) >= 11 is 0. The van der Waals surface area contributed by atoms with Crippen molar-refractivity contribution < 1.29 is 9.53 Å². The van der Waals surface area contributed by atoms with Crippen molar-refractivity contribution in [3.8, 4) is 22.9 Å². The normalized spacial score (nSPS) is 14.9. The Morgan fingerprint density at radius 1 is 0.939 bits per heavy atom. The number of fused-ring (bicyclic) bond motifs is 1. The molecule has 5 heteroatoms. The van der Waals surface area contributed by atoms with Crippen LogP contribution in [0.2, 0.25) is 0 Å². The highest BCUT2D eigenvalue weighted by atomic mass is 16.5. The molecule has 1 N–H and O–H groups in total. The quantitative estimate of drug-likeness (QED) is 0.414. The van der Waals surface area contributed by atoms with Crippen LogP contribution in [-0.4, -0.2) is 15.9 Å². The lowest BCUT2D eigenvalue weighted by atomic mass is 9.87. The van der Waals surface area contributed by atoms with Gasteiger partial charge in [-0.25, -0.2) is 9.97 Å². The van der Waals surface area contributed by atoms with E-state index in [0.29, 0.717) is 11.3 Å². The third-order valence-electron chi connectivity index (χ3n) is 6.08. The van der Waals surface area contributed by atoms with Gasteiger partial charge in [-0.05, 0) is 72.7 Å². The molecule has 1 amide bonds. The summed E-state index contributed by atoms with van der Waals surface area (Å²) in [5.74, 6) is 0.500. The number of carbonyl (C=O) groups excluding carboxylic acids is 1. The summed E-state index contributed by atoms with van der Waals surface area (Å²) in [6, 6.07) is 23.8. The van der Waals surface area contributed by atoms with Crippen LogP contribution in [0.3, 0.4) is 0 Å². The van der Waals surface area contributed by atoms with Gasteiger partial charge in [0.15, 0.2) is 0 Å². The van der Waals surface area contributed by atoms with Crippen LogP contribution < -0.4 is 10.1 Å². The molecule has 5 nitrogen and oxygen atoms in total. The van der Waals surface area contributed by atoms with Gasteiger partial charge in [-0.15, -0.1) is 0 Å². The van der Waals surface area contributed by atoms with E-state index in [9.17, 15) is 4.79 Å². The molecule has 1 aliphatic carbocycles. The number of hydrogen-bond acceptors (Lipinski definition) is 4. The smallest absolute Gasteiger partial charge is 0.321 e. The number of aromatic nitrogens is 2. The summed E-state index contributed by atoms with van der Waals surface area (Å²) in [5, 5.41) is 3.18. The largest absolute Gasteiger partial charge is 0.424 e. The van der Waals surface area contributed by atoms with Crippen molar-refractivity contribution >= 4 is 5.91 Å². The van der Waals surface area contributed by atoms with E-state index in [0.717, 1.165) is 30.4 Å². The number of nitrogens with zero attached hydrogens (tertiary/aromatic N) is 2. The van der Waals surface area contributed by atoms with E-state index < -0.39 is 0 Å². The number of carbonyl (C=O) groups is 1. The minimum Gasteiger partial charge on any atom is -0.424 e. The molecule has 0 unspecified atom stereocenters. The molecule has 1 atom stereocenters. The predicted octanol–water partition coefficient (Wildman–Crippen LogP) is 6.05. The van der Waals surface area contributed by atoms with Crippen molar-refractivity contribution in [2.45, 2.75) is 32.2 Å². The summed E-state index contributed by atoms with van der Waals surface area (Å²) in [7, 11) is 0. The lowest BCUT2D eigenvalue weighted by Crippen LogP contribution is -2.30. The van der Waals surface area contributed by atoms with Gasteiger partial charge in [0.25, 0.3) is 5.91 Å². The first kappa shape index (κ1) is 20.9. The number of nitrogens with one attached hydrogen (secondary N) is 1. The molecule has 0 radical (unpaired) electrons. The highest BCUT2D eigenvalue weighted by Crippen LogP contribution is 2.30. The monoisotopic (exact) mass is 435 g/mol. The van der Waals surface area contributed by atoms with Gasteiger partial charge in [0.1, 0.15) is 5.75 Å². The molecule has 0 bridgehead atoms. The molecule has 0 spiro atoms. The number of rotatable bonds is 5. The van der Waals surface area contributed by atoms with E-state index in [2.05, 4.69) is 46.5 Å². The van der Waals surface area contributed by atoms with E-state index >= 15 is 0 Å². The zero-order chi connectivity index (χ0) is 22.6. The van der Waals surface area contributed by atoms with Crippen LogP contribution in [0.1, 0.15) is 45.9 Å². The molecule has 164 valence electrons. The van der Waals surface area contributed by atoms with Gasteiger partial charge in [-0.1, -0.05) is 48.5 Å². The average molecular weight is 436 g/mol. The molecular formula is C28H25N3O2. The maximum Gasteiger partial charge on any atom is 0.321 e. The molecule has 1 aliphatic rings. The summed E-state index contributed by atoms with van der Waals surface area (Å²) < 4.78 is 5.78. The molecule has 0 aliphatic heterocycles. The molecule has 1 heterocycles. The highest BCUT2D eigenvalue weighted by Gasteiger charge is 2.21. The lowest BCUT2D eigenvalue weighted by molar-refractivity contribution is 0.0932. The van der Waals surface area contributed by atoms with Gasteiger partial charge >= 0.3 is 6.01 Å². The van der Waals surface area contributed by atoms with Crippen molar-refractivity contribution in [1.82, 2.24) is 15.3 Å². The van der Waals surface area contributed by atoms with Gasteiger partial charge in [0.05, 0.1) is 6.04 Å². The minimum absolute atomic E-state index is 0.0542. The van der Waals surface area contributed by atoms with Gasteiger partial charge in [0.2, 0.25) is 0 Å². The first-order chi connectivity index (χ1) is 16.2. The molecule has 4 aromatic rings. The Hall–Kier alpha value is -3.99. The second-order valence-electron chi connectivity index (χ2n) is 8.31. The van der Waals surface area contributed by atoms with Gasteiger partial charge < -0.3 is 10.1 Å². The van der Waals surface area contributed by atoms with E-state index in [-0.39, 0.29) is 18.0 Å². The number of ether oxygens (including phenoxy) is 1. The fraction of sp³-hybridized carbons (Fsp3) is 0.179. The fourth-order valence-electron chi connectivity index (χ4n) is 4.33. The Balaban J connectivity index is 1.24. The Morgan fingerprint density at radius 3 is 2.45 bits per heavy atom. The first-order valence-corrected chi connectivity index (χ1v) is 11.2. The van der Waals surface area contributed by atoms with Crippen molar-refractivity contribution in [2.75, 3.05) is 0 Å². The minimum atomic E-state index is -0.0814. The summed E-state index contributed by atoms with van der Waals surface area (Å²) in [5.41, 5.74) is 6.35. The number of benzene rings is 3. The zero-order valence-electron chi connectivity index (χ0n) is 18.5. The van der Waals surface area contributed by atoms with E-state index in [1.54, 1.807) is 36.7 Å². The molecule has 0 saturated carbocycles. The molecule has 0 saturated heterocycles. The molecular weight excluding hydrogens is 410 g/mol. The van der Waals surface area contributed by atoms with Gasteiger partial charge in [0, 0.05) is 23.5 Å². The van der Waals surface area contributed by atoms with Crippen LogP contribution in [0.5, 0.6) is 11.8 Å². The molecule has 33 heavy (non-hydrogen) atoms. The van der Waals surface area contributed by atoms with Crippen LogP contribution in [0.25, 0.3) is 11.1 Å². The van der Waals surface area contributed by atoms with Crippen molar-refractivity contribution in [2.24, 2.45) is 0 Å². The second kappa shape index (κ2) is 9.25. The van der Waals surface area contributed by atoms with E-state index in [4.69, 9.17) is 4.74 Å². The Bertz CT molecular complexity index is 1270.